The normalized spacial score (nSPS) is 15.2. The molecule has 3 nitrogen and oxygen atoms in total. The van der Waals surface area contributed by atoms with Crippen LogP contribution in [0.25, 0.3) is 0 Å². The predicted octanol–water partition coefficient (Wildman–Crippen LogP) is 1.56. The summed E-state index contributed by atoms with van der Waals surface area (Å²) in [6.45, 7) is 7.97. The topological polar surface area (TPSA) is 49.5 Å². The molecule has 0 aliphatic rings. The molecule has 0 aromatic heterocycles. The summed E-state index contributed by atoms with van der Waals surface area (Å²) >= 11 is 0. The number of likely N-dealkylation sites (N-methyl/N-ethyl adjacent to an activating group) is 1. The van der Waals surface area contributed by atoms with Gasteiger partial charge in [0.05, 0.1) is 12.1 Å². The Kier molecular flexibility index (Phi) is 5.12. The third-order valence-corrected chi connectivity index (χ3v) is 3.25. The van der Waals surface area contributed by atoms with Crippen molar-refractivity contribution in [3.05, 3.63) is 35.9 Å². The zero-order chi connectivity index (χ0) is 12.9. The second kappa shape index (κ2) is 6.15. The van der Waals surface area contributed by atoms with E-state index >= 15 is 0 Å². The van der Waals surface area contributed by atoms with E-state index in [0.717, 1.165) is 12.1 Å². The van der Waals surface area contributed by atoms with Crippen LogP contribution in [-0.4, -0.2) is 35.7 Å². The molecule has 0 amide bonds. The molecule has 0 fully saturated rings. The Morgan fingerprint density at radius 3 is 2.29 bits per heavy atom. The highest BCUT2D eigenvalue weighted by Gasteiger charge is 2.29. The van der Waals surface area contributed by atoms with Crippen molar-refractivity contribution in [2.24, 2.45) is 5.73 Å². The van der Waals surface area contributed by atoms with Crippen LogP contribution >= 0.6 is 0 Å². The van der Waals surface area contributed by atoms with Crippen LogP contribution in [0, 0.1) is 0 Å². The monoisotopic (exact) mass is 236 g/mol. The summed E-state index contributed by atoms with van der Waals surface area (Å²) in [5.41, 5.74) is 6.65. The quantitative estimate of drug-likeness (QED) is 0.788. The third kappa shape index (κ3) is 3.53. The number of benzene rings is 1. The molecule has 1 unspecified atom stereocenters. The van der Waals surface area contributed by atoms with Crippen LogP contribution in [0.2, 0.25) is 0 Å². The van der Waals surface area contributed by atoms with Crippen LogP contribution in [0.4, 0.5) is 0 Å². The summed E-state index contributed by atoms with van der Waals surface area (Å²) in [6, 6.07) is 10.3. The number of nitrogens with two attached hydrogens (primary N) is 1. The Balaban J connectivity index is 2.89. The van der Waals surface area contributed by atoms with Crippen molar-refractivity contribution in [3.63, 3.8) is 0 Å². The summed E-state index contributed by atoms with van der Waals surface area (Å²) in [4.78, 5) is 2.27. The van der Waals surface area contributed by atoms with Crippen LogP contribution in [0.15, 0.2) is 30.3 Å². The van der Waals surface area contributed by atoms with E-state index in [4.69, 9.17) is 5.73 Å². The highest BCUT2D eigenvalue weighted by Crippen LogP contribution is 2.20. The Morgan fingerprint density at radius 2 is 1.88 bits per heavy atom. The summed E-state index contributed by atoms with van der Waals surface area (Å²) in [7, 11) is 0. The second-order valence-electron chi connectivity index (χ2n) is 4.84. The van der Waals surface area contributed by atoms with E-state index in [1.165, 1.54) is 0 Å². The van der Waals surface area contributed by atoms with Gasteiger partial charge in [0.2, 0.25) is 0 Å². The minimum Gasteiger partial charge on any atom is -0.394 e. The molecule has 0 heterocycles. The molecule has 17 heavy (non-hydrogen) atoms. The van der Waals surface area contributed by atoms with Gasteiger partial charge < -0.3 is 10.8 Å². The van der Waals surface area contributed by atoms with Crippen molar-refractivity contribution in [2.45, 2.75) is 32.4 Å². The first kappa shape index (κ1) is 14.2. The van der Waals surface area contributed by atoms with Crippen molar-refractivity contribution >= 4 is 0 Å². The predicted molar refractivity (Wildman–Crippen MR) is 71.8 cm³/mol. The van der Waals surface area contributed by atoms with Crippen molar-refractivity contribution in [2.75, 3.05) is 19.7 Å². The van der Waals surface area contributed by atoms with E-state index in [9.17, 15) is 5.11 Å². The maximum absolute atomic E-state index is 9.61. The molecule has 0 bridgehead atoms. The van der Waals surface area contributed by atoms with Gasteiger partial charge in [-0.25, -0.2) is 0 Å². The molecular formula is C14H24N2O. The van der Waals surface area contributed by atoms with E-state index in [1.807, 2.05) is 30.3 Å². The molecule has 1 rings (SSSR count). The van der Waals surface area contributed by atoms with Crippen LogP contribution in [-0.2, 0) is 5.54 Å². The number of hydrogen-bond acceptors (Lipinski definition) is 3. The van der Waals surface area contributed by atoms with Gasteiger partial charge in [-0.1, -0.05) is 37.3 Å². The fourth-order valence-electron chi connectivity index (χ4n) is 2.02. The SMILES string of the molecule is CCN(CC(N)(CO)c1ccccc1)C(C)C. The van der Waals surface area contributed by atoms with Crippen molar-refractivity contribution < 1.29 is 5.11 Å². The van der Waals surface area contributed by atoms with Crippen LogP contribution in [0.5, 0.6) is 0 Å². The standard InChI is InChI=1S/C14H24N2O/c1-4-16(12(2)3)10-14(15,11-17)13-8-6-5-7-9-13/h5-9,12,17H,4,10-11,15H2,1-3H3. The molecule has 3 N–H and O–H groups in total. The smallest absolute Gasteiger partial charge is 0.0773 e. The number of aliphatic hydroxyl groups excluding tert-OH is 1. The number of hydrogen-bond donors (Lipinski definition) is 2. The highest BCUT2D eigenvalue weighted by molar-refractivity contribution is 5.24. The maximum Gasteiger partial charge on any atom is 0.0773 e. The fraction of sp³-hybridized carbons (Fsp3) is 0.571. The highest BCUT2D eigenvalue weighted by atomic mass is 16.3. The number of rotatable bonds is 6. The summed E-state index contributed by atoms with van der Waals surface area (Å²) < 4.78 is 0. The Labute approximate surface area is 104 Å². The second-order valence-corrected chi connectivity index (χ2v) is 4.84. The average molecular weight is 236 g/mol. The lowest BCUT2D eigenvalue weighted by Crippen LogP contribution is -2.52. The Morgan fingerprint density at radius 1 is 1.29 bits per heavy atom. The van der Waals surface area contributed by atoms with Gasteiger partial charge in [0.25, 0.3) is 0 Å². The molecule has 96 valence electrons. The van der Waals surface area contributed by atoms with Gasteiger partial charge in [-0.15, -0.1) is 0 Å². The molecule has 0 saturated carbocycles. The molecule has 0 spiro atoms. The van der Waals surface area contributed by atoms with Crippen molar-refractivity contribution in [1.82, 2.24) is 4.90 Å². The molecule has 3 heteroatoms. The van der Waals surface area contributed by atoms with Crippen molar-refractivity contribution in [1.29, 1.82) is 0 Å². The van der Waals surface area contributed by atoms with E-state index in [0.29, 0.717) is 12.6 Å². The third-order valence-electron chi connectivity index (χ3n) is 3.25. The summed E-state index contributed by atoms with van der Waals surface area (Å²) in [6.07, 6.45) is 0. The summed E-state index contributed by atoms with van der Waals surface area (Å²) in [5, 5.41) is 9.61. The van der Waals surface area contributed by atoms with E-state index < -0.39 is 5.54 Å². The first-order chi connectivity index (χ1) is 8.03. The van der Waals surface area contributed by atoms with Gasteiger partial charge in [-0.3, -0.25) is 4.90 Å². The lowest BCUT2D eigenvalue weighted by Gasteiger charge is -2.36. The van der Waals surface area contributed by atoms with Gasteiger partial charge in [0.15, 0.2) is 0 Å². The van der Waals surface area contributed by atoms with Crippen LogP contribution < -0.4 is 5.73 Å². The fourth-order valence-corrected chi connectivity index (χ4v) is 2.02. The van der Waals surface area contributed by atoms with Gasteiger partial charge in [-0.05, 0) is 26.0 Å². The van der Waals surface area contributed by atoms with E-state index in [-0.39, 0.29) is 6.61 Å². The maximum atomic E-state index is 9.61. The Bertz CT molecular complexity index is 326. The molecule has 0 radical (unpaired) electrons. The number of nitrogens with zero attached hydrogens (tertiary/aromatic N) is 1. The molecular weight excluding hydrogens is 212 g/mol. The Hall–Kier alpha value is -0.900. The van der Waals surface area contributed by atoms with Gasteiger partial charge in [0.1, 0.15) is 0 Å². The van der Waals surface area contributed by atoms with Gasteiger partial charge in [-0.2, -0.15) is 0 Å². The summed E-state index contributed by atoms with van der Waals surface area (Å²) in [5.74, 6) is 0. The van der Waals surface area contributed by atoms with Crippen LogP contribution in [0.1, 0.15) is 26.3 Å². The lowest BCUT2D eigenvalue weighted by molar-refractivity contribution is 0.121. The van der Waals surface area contributed by atoms with Crippen LogP contribution in [0.3, 0.4) is 0 Å². The van der Waals surface area contributed by atoms with Gasteiger partial charge >= 0.3 is 0 Å². The van der Waals surface area contributed by atoms with E-state index in [2.05, 4.69) is 25.7 Å². The molecule has 0 aliphatic carbocycles. The first-order valence-corrected chi connectivity index (χ1v) is 6.23. The average Bonchev–Trinajstić information content (AvgIpc) is 2.36. The zero-order valence-electron chi connectivity index (χ0n) is 11.1. The largest absolute Gasteiger partial charge is 0.394 e. The molecule has 0 saturated heterocycles. The molecule has 0 aliphatic heterocycles. The first-order valence-electron chi connectivity index (χ1n) is 6.23. The van der Waals surface area contributed by atoms with Crippen molar-refractivity contribution in [3.8, 4) is 0 Å². The van der Waals surface area contributed by atoms with E-state index in [1.54, 1.807) is 0 Å². The minimum atomic E-state index is -0.679. The minimum absolute atomic E-state index is 0.0414. The molecule has 1 aromatic carbocycles. The lowest BCUT2D eigenvalue weighted by atomic mass is 9.91. The molecule has 1 aromatic rings. The molecule has 1 atom stereocenters. The van der Waals surface area contributed by atoms with Gasteiger partial charge in [0, 0.05) is 12.6 Å². The number of aliphatic hydroxyl groups is 1. The zero-order valence-corrected chi connectivity index (χ0v) is 11.1.